The molecular formula is C32H35F3N2O4S. The first-order chi connectivity index (χ1) is 19.9. The van der Waals surface area contributed by atoms with Gasteiger partial charge in [-0.2, -0.15) is 21.6 Å². The van der Waals surface area contributed by atoms with Crippen molar-refractivity contribution in [1.29, 1.82) is 0 Å². The lowest BCUT2D eigenvalue weighted by Gasteiger charge is -2.38. The Morgan fingerprint density at radius 2 is 1.74 bits per heavy atom. The number of aliphatic hydroxyl groups is 1. The van der Waals surface area contributed by atoms with Gasteiger partial charge in [0, 0.05) is 36.2 Å². The molecule has 0 amide bonds. The Balaban J connectivity index is 1.57. The number of benzene rings is 2. The van der Waals surface area contributed by atoms with Crippen molar-refractivity contribution in [2.75, 3.05) is 4.72 Å². The number of pyridine rings is 1. The lowest BCUT2D eigenvalue weighted by Crippen LogP contribution is -2.33. The van der Waals surface area contributed by atoms with Crippen LogP contribution in [0.4, 0.5) is 18.9 Å². The van der Waals surface area contributed by atoms with Crippen molar-refractivity contribution < 1.29 is 31.5 Å². The molecule has 0 radical (unpaired) electrons. The fourth-order valence-electron chi connectivity index (χ4n) is 5.91. The van der Waals surface area contributed by atoms with E-state index in [2.05, 4.69) is 28.8 Å². The summed E-state index contributed by atoms with van der Waals surface area (Å²) in [5, 5.41) is 10.7. The SMILES string of the molecule is CCCC1(CCc2ccccc2)CC(=O)C([C@H](CC)c2cccc(NS(=O)(=O)c3ccc(C(F)(F)F)cn3)c2)=C(O)C1. The van der Waals surface area contributed by atoms with Gasteiger partial charge >= 0.3 is 6.18 Å². The van der Waals surface area contributed by atoms with E-state index in [-0.39, 0.29) is 22.6 Å². The van der Waals surface area contributed by atoms with Crippen molar-refractivity contribution in [3.8, 4) is 0 Å². The first-order valence-electron chi connectivity index (χ1n) is 14.0. The van der Waals surface area contributed by atoms with Crippen molar-refractivity contribution in [2.24, 2.45) is 5.41 Å². The number of hydrogen-bond donors (Lipinski definition) is 2. The molecule has 1 heterocycles. The fraction of sp³-hybridized carbons (Fsp3) is 0.375. The number of nitrogens with zero attached hydrogens (tertiary/aromatic N) is 1. The second kappa shape index (κ2) is 12.7. The van der Waals surface area contributed by atoms with Crippen molar-refractivity contribution in [2.45, 2.75) is 75.9 Å². The number of carbonyl (C=O) groups is 1. The second-order valence-electron chi connectivity index (χ2n) is 10.9. The van der Waals surface area contributed by atoms with Gasteiger partial charge in [0.05, 0.1) is 5.56 Å². The van der Waals surface area contributed by atoms with E-state index in [9.17, 15) is 31.5 Å². The zero-order valence-corrected chi connectivity index (χ0v) is 24.4. The monoisotopic (exact) mass is 600 g/mol. The van der Waals surface area contributed by atoms with Crippen LogP contribution in [-0.4, -0.2) is 24.3 Å². The summed E-state index contributed by atoms with van der Waals surface area (Å²) in [6.45, 7) is 3.97. The highest BCUT2D eigenvalue weighted by atomic mass is 32.2. The molecule has 4 rings (SSSR count). The standard InChI is InChI=1S/C32H35F3N2O4S/c1-3-16-31(17-15-22-9-6-5-7-10-22)19-27(38)30(28(39)20-31)26(4-2)23-11-8-12-25(18-23)37-42(40,41)29-14-13-24(21-36-29)32(33,34)35/h5-14,18,21,26,37-38H,3-4,15-17,19-20H2,1-2H3/t26-,31?/m1/s1. The van der Waals surface area contributed by atoms with Gasteiger partial charge < -0.3 is 5.11 Å². The van der Waals surface area contributed by atoms with Crippen LogP contribution in [-0.2, 0) is 27.4 Å². The molecule has 6 nitrogen and oxygen atoms in total. The maximum atomic E-state index is 13.7. The number of hydrogen-bond acceptors (Lipinski definition) is 5. The summed E-state index contributed by atoms with van der Waals surface area (Å²) in [5.41, 5.74) is 0.960. The lowest BCUT2D eigenvalue weighted by molar-refractivity contribution is -0.137. The molecule has 1 unspecified atom stereocenters. The van der Waals surface area contributed by atoms with Crippen LogP contribution in [0.3, 0.4) is 0 Å². The highest BCUT2D eigenvalue weighted by molar-refractivity contribution is 7.92. The molecule has 224 valence electrons. The number of Topliss-reactive ketones (excluding diaryl/α,β-unsaturated/α-hetero) is 1. The van der Waals surface area contributed by atoms with Crippen LogP contribution in [0.5, 0.6) is 0 Å². The van der Waals surface area contributed by atoms with Gasteiger partial charge in [-0.3, -0.25) is 9.52 Å². The van der Waals surface area contributed by atoms with E-state index in [0.717, 1.165) is 31.7 Å². The molecule has 1 aliphatic rings. The highest BCUT2D eigenvalue weighted by Crippen LogP contribution is 2.47. The van der Waals surface area contributed by atoms with Crippen LogP contribution in [0.2, 0.25) is 0 Å². The Morgan fingerprint density at radius 1 is 1.00 bits per heavy atom. The van der Waals surface area contributed by atoms with Gasteiger partial charge in [-0.1, -0.05) is 62.7 Å². The fourth-order valence-corrected chi connectivity index (χ4v) is 6.89. The molecule has 42 heavy (non-hydrogen) atoms. The first kappa shape index (κ1) is 31.3. The Hall–Kier alpha value is -3.66. The number of ketones is 1. The number of allylic oxidation sites excluding steroid dienone is 2. The van der Waals surface area contributed by atoms with Crippen LogP contribution in [0.1, 0.15) is 75.0 Å². The van der Waals surface area contributed by atoms with Gasteiger partial charge in [-0.15, -0.1) is 0 Å². The maximum Gasteiger partial charge on any atom is 0.417 e. The number of rotatable bonds is 11. The number of anilines is 1. The van der Waals surface area contributed by atoms with E-state index in [1.54, 1.807) is 18.2 Å². The van der Waals surface area contributed by atoms with E-state index in [0.29, 0.717) is 42.7 Å². The molecule has 0 bridgehead atoms. The van der Waals surface area contributed by atoms with Gasteiger partial charge in [0.25, 0.3) is 10.0 Å². The summed E-state index contributed by atoms with van der Waals surface area (Å²) >= 11 is 0. The van der Waals surface area contributed by atoms with E-state index in [4.69, 9.17) is 0 Å². The third-order valence-electron chi connectivity index (χ3n) is 7.89. The van der Waals surface area contributed by atoms with E-state index >= 15 is 0 Å². The predicted octanol–water partition coefficient (Wildman–Crippen LogP) is 7.99. The van der Waals surface area contributed by atoms with Crippen molar-refractivity contribution >= 4 is 21.5 Å². The maximum absolute atomic E-state index is 13.7. The van der Waals surface area contributed by atoms with Crippen LogP contribution >= 0.6 is 0 Å². The molecule has 0 saturated carbocycles. The predicted molar refractivity (Wildman–Crippen MR) is 156 cm³/mol. The number of nitrogens with one attached hydrogen (secondary N) is 1. The Kier molecular flexibility index (Phi) is 9.45. The molecule has 0 fully saturated rings. The number of alkyl halides is 3. The van der Waals surface area contributed by atoms with Crippen molar-refractivity contribution in [3.63, 3.8) is 0 Å². The lowest BCUT2D eigenvalue weighted by atomic mass is 9.65. The quantitative estimate of drug-likeness (QED) is 0.233. The molecule has 0 saturated heterocycles. The molecule has 0 aliphatic heterocycles. The second-order valence-corrected chi connectivity index (χ2v) is 12.6. The Bertz CT molecular complexity index is 1540. The van der Waals surface area contributed by atoms with Gasteiger partial charge in [-0.25, -0.2) is 4.98 Å². The Morgan fingerprint density at radius 3 is 2.33 bits per heavy atom. The number of aromatic nitrogens is 1. The van der Waals surface area contributed by atoms with E-state index < -0.39 is 32.7 Å². The third-order valence-corrected chi connectivity index (χ3v) is 9.19. The largest absolute Gasteiger partial charge is 0.512 e. The van der Waals surface area contributed by atoms with Crippen molar-refractivity contribution in [1.82, 2.24) is 4.98 Å². The van der Waals surface area contributed by atoms with Gasteiger partial charge in [0.15, 0.2) is 10.8 Å². The summed E-state index contributed by atoms with van der Waals surface area (Å²) in [5.74, 6) is -0.480. The number of sulfonamides is 1. The van der Waals surface area contributed by atoms with E-state index in [1.807, 2.05) is 25.1 Å². The molecule has 2 aromatic carbocycles. The summed E-state index contributed by atoms with van der Waals surface area (Å²) in [7, 11) is -4.28. The molecular weight excluding hydrogens is 565 g/mol. The zero-order chi connectivity index (χ0) is 30.5. The average Bonchev–Trinajstić information content (AvgIpc) is 2.94. The highest BCUT2D eigenvalue weighted by Gasteiger charge is 2.41. The van der Waals surface area contributed by atoms with Crippen molar-refractivity contribution in [3.05, 3.63) is 101 Å². The van der Waals surface area contributed by atoms with Gasteiger partial charge in [0.2, 0.25) is 0 Å². The smallest absolute Gasteiger partial charge is 0.417 e. The molecule has 1 aromatic heterocycles. The normalized spacial score (nSPS) is 18.6. The number of aryl methyl sites for hydroxylation is 1. The van der Waals surface area contributed by atoms with E-state index in [1.165, 1.54) is 11.6 Å². The topological polar surface area (TPSA) is 96.4 Å². The molecule has 1 aliphatic carbocycles. The average molecular weight is 601 g/mol. The number of carbonyl (C=O) groups excluding carboxylic acids is 1. The van der Waals surface area contributed by atoms with Crippen LogP contribution < -0.4 is 4.72 Å². The number of halogens is 3. The summed E-state index contributed by atoms with van der Waals surface area (Å²) in [6, 6.07) is 18.0. The Labute approximate surface area is 244 Å². The van der Waals surface area contributed by atoms with Gasteiger partial charge in [-0.05, 0) is 66.5 Å². The first-order valence-corrected chi connectivity index (χ1v) is 15.5. The number of aliphatic hydroxyl groups excluding tert-OH is 1. The van der Waals surface area contributed by atoms with Gasteiger partial charge in [0.1, 0.15) is 5.76 Å². The van der Waals surface area contributed by atoms with Crippen LogP contribution in [0, 0.1) is 5.41 Å². The molecule has 2 N–H and O–H groups in total. The third kappa shape index (κ3) is 7.21. The van der Waals surface area contributed by atoms with Crippen LogP contribution in [0.25, 0.3) is 0 Å². The minimum absolute atomic E-state index is 0.0829. The zero-order valence-electron chi connectivity index (χ0n) is 23.6. The minimum atomic E-state index is -4.64. The minimum Gasteiger partial charge on any atom is -0.512 e. The van der Waals surface area contributed by atoms with Crippen LogP contribution in [0.15, 0.2) is 89.3 Å². The summed E-state index contributed by atoms with van der Waals surface area (Å²) in [4.78, 5) is 17.1. The molecule has 0 spiro atoms. The summed E-state index contributed by atoms with van der Waals surface area (Å²) < 4.78 is 66.7. The molecule has 3 aromatic rings. The summed E-state index contributed by atoms with van der Waals surface area (Å²) in [6.07, 6.45) is 0.345. The molecule has 2 atom stereocenters. The molecule has 10 heteroatoms.